The maximum Gasteiger partial charge on any atom is 0.416 e. The van der Waals surface area contributed by atoms with Crippen molar-refractivity contribution in [2.75, 3.05) is 19.6 Å². The molecule has 0 spiro atoms. The summed E-state index contributed by atoms with van der Waals surface area (Å²) in [6.45, 7) is 2.96. The van der Waals surface area contributed by atoms with Crippen LogP contribution >= 0.6 is 0 Å². The molecule has 1 fully saturated rings. The molecule has 0 atom stereocenters. The van der Waals surface area contributed by atoms with E-state index in [0.717, 1.165) is 6.07 Å². The van der Waals surface area contributed by atoms with Crippen LogP contribution in [0.2, 0.25) is 0 Å². The Labute approximate surface area is 171 Å². The highest BCUT2D eigenvalue weighted by molar-refractivity contribution is 5.94. The number of carbonyl (C=O) groups excluding carboxylic acids is 2. The summed E-state index contributed by atoms with van der Waals surface area (Å²) >= 11 is 0. The van der Waals surface area contributed by atoms with Crippen molar-refractivity contribution in [1.82, 2.24) is 15.0 Å². The van der Waals surface area contributed by atoms with Gasteiger partial charge in [-0.05, 0) is 30.4 Å². The van der Waals surface area contributed by atoms with Crippen LogP contribution in [-0.2, 0) is 23.9 Å². The molecule has 2 aliphatic rings. The standard InChI is InChI=1S/C21H22F3N3O3/c1-13(28)27-11-8-18-16(12-27)19(25-30-18)20(29)26-9-6-14(7-10-26)15-4-2-3-5-17(15)21(22,23)24/h2-5,14H,6-12H2,1H3. The molecular weight excluding hydrogens is 399 g/mol. The van der Waals surface area contributed by atoms with E-state index < -0.39 is 11.7 Å². The monoisotopic (exact) mass is 421 g/mol. The third-order valence-electron chi connectivity index (χ3n) is 5.96. The number of halogens is 3. The number of aromatic nitrogens is 1. The second kappa shape index (κ2) is 7.77. The summed E-state index contributed by atoms with van der Waals surface area (Å²) in [6.07, 6.45) is -3.01. The Morgan fingerprint density at radius 1 is 1.10 bits per heavy atom. The normalized spacial score (nSPS) is 17.7. The van der Waals surface area contributed by atoms with Gasteiger partial charge in [0.2, 0.25) is 5.91 Å². The number of alkyl halides is 3. The van der Waals surface area contributed by atoms with Crippen molar-refractivity contribution in [3.05, 3.63) is 52.4 Å². The number of rotatable bonds is 2. The summed E-state index contributed by atoms with van der Waals surface area (Å²) in [7, 11) is 0. The molecule has 0 radical (unpaired) electrons. The fourth-order valence-electron chi connectivity index (χ4n) is 4.30. The van der Waals surface area contributed by atoms with Gasteiger partial charge in [-0.3, -0.25) is 9.59 Å². The van der Waals surface area contributed by atoms with Gasteiger partial charge in [-0.1, -0.05) is 23.4 Å². The van der Waals surface area contributed by atoms with Gasteiger partial charge in [-0.2, -0.15) is 13.2 Å². The molecule has 2 amide bonds. The van der Waals surface area contributed by atoms with E-state index in [4.69, 9.17) is 4.52 Å². The van der Waals surface area contributed by atoms with Crippen molar-refractivity contribution in [2.24, 2.45) is 0 Å². The molecule has 2 aromatic rings. The van der Waals surface area contributed by atoms with Crippen LogP contribution in [-0.4, -0.2) is 46.4 Å². The van der Waals surface area contributed by atoms with Crippen molar-refractivity contribution in [2.45, 2.75) is 44.8 Å². The van der Waals surface area contributed by atoms with E-state index in [1.54, 1.807) is 15.9 Å². The maximum absolute atomic E-state index is 13.3. The smallest absolute Gasteiger partial charge is 0.360 e. The van der Waals surface area contributed by atoms with Crippen LogP contribution in [0.3, 0.4) is 0 Å². The zero-order valence-corrected chi connectivity index (χ0v) is 16.5. The average molecular weight is 421 g/mol. The van der Waals surface area contributed by atoms with Crippen LogP contribution in [0.15, 0.2) is 28.8 Å². The van der Waals surface area contributed by atoms with E-state index in [1.807, 2.05) is 0 Å². The van der Waals surface area contributed by atoms with Crippen molar-refractivity contribution >= 4 is 11.8 Å². The Hall–Kier alpha value is -2.84. The summed E-state index contributed by atoms with van der Waals surface area (Å²) in [4.78, 5) is 27.9. The predicted octanol–water partition coefficient (Wildman–Crippen LogP) is 3.62. The van der Waals surface area contributed by atoms with Crippen molar-refractivity contribution in [3.8, 4) is 0 Å². The molecule has 0 bridgehead atoms. The van der Waals surface area contributed by atoms with E-state index >= 15 is 0 Å². The minimum atomic E-state index is -4.40. The largest absolute Gasteiger partial charge is 0.416 e. The number of nitrogens with zero attached hydrogens (tertiary/aromatic N) is 3. The highest BCUT2D eigenvalue weighted by Crippen LogP contribution is 2.39. The lowest BCUT2D eigenvalue weighted by Crippen LogP contribution is -2.40. The lowest BCUT2D eigenvalue weighted by atomic mass is 9.86. The minimum Gasteiger partial charge on any atom is -0.360 e. The number of likely N-dealkylation sites (tertiary alicyclic amines) is 1. The molecule has 9 heteroatoms. The molecule has 4 rings (SSSR count). The van der Waals surface area contributed by atoms with E-state index in [2.05, 4.69) is 5.16 Å². The first-order valence-electron chi connectivity index (χ1n) is 9.94. The fraction of sp³-hybridized carbons (Fsp3) is 0.476. The first-order chi connectivity index (χ1) is 14.3. The summed E-state index contributed by atoms with van der Waals surface area (Å²) in [5.41, 5.74) is 0.508. The predicted molar refractivity (Wildman–Crippen MR) is 101 cm³/mol. The molecule has 2 aliphatic heterocycles. The summed E-state index contributed by atoms with van der Waals surface area (Å²) in [5, 5.41) is 3.94. The molecule has 30 heavy (non-hydrogen) atoms. The molecule has 1 saturated heterocycles. The topological polar surface area (TPSA) is 66.7 Å². The van der Waals surface area contributed by atoms with E-state index in [1.165, 1.54) is 19.1 Å². The third-order valence-corrected chi connectivity index (χ3v) is 5.96. The molecule has 3 heterocycles. The number of carbonyl (C=O) groups is 2. The van der Waals surface area contributed by atoms with Crippen LogP contribution < -0.4 is 0 Å². The van der Waals surface area contributed by atoms with Gasteiger partial charge in [0.15, 0.2) is 5.69 Å². The Morgan fingerprint density at radius 2 is 1.80 bits per heavy atom. The number of hydrogen-bond acceptors (Lipinski definition) is 4. The fourth-order valence-corrected chi connectivity index (χ4v) is 4.30. The van der Waals surface area contributed by atoms with Gasteiger partial charge in [0.25, 0.3) is 5.91 Å². The zero-order chi connectivity index (χ0) is 21.5. The van der Waals surface area contributed by atoms with Crippen LogP contribution in [0.4, 0.5) is 13.2 Å². The highest BCUT2D eigenvalue weighted by Gasteiger charge is 2.37. The van der Waals surface area contributed by atoms with Gasteiger partial charge >= 0.3 is 6.18 Å². The number of piperidine rings is 1. The number of hydrogen-bond donors (Lipinski definition) is 0. The van der Waals surface area contributed by atoms with Crippen LogP contribution in [0.1, 0.15) is 58.6 Å². The Bertz CT molecular complexity index is 962. The third kappa shape index (κ3) is 3.80. The lowest BCUT2D eigenvalue weighted by Gasteiger charge is -2.33. The highest BCUT2D eigenvalue weighted by atomic mass is 19.4. The van der Waals surface area contributed by atoms with Gasteiger partial charge in [-0.25, -0.2) is 0 Å². The van der Waals surface area contributed by atoms with E-state index in [9.17, 15) is 22.8 Å². The molecule has 160 valence electrons. The van der Waals surface area contributed by atoms with Crippen molar-refractivity contribution < 1.29 is 27.3 Å². The number of amides is 2. The molecule has 6 nitrogen and oxygen atoms in total. The maximum atomic E-state index is 13.3. The molecule has 0 aliphatic carbocycles. The first kappa shape index (κ1) is 20.4. The van der Waals surface area contributed by atoms with E-state index in [0.29, 0.717) is 50.2 Å². The van der Waals surface area contributed by atoms with Crippen LogP contribution in [0.25, 0.3) is 0 Å². The Kier molecular flexibility index (Phi) is 5.29. The summed E-state index contributed by atoms with van der Waals surface area (Å²) in [5.74, 6) is -0.0199. The van der Waals surface area contributed by atoms with Crippen LogP contribution in [0, 0.1) is 0 Å². The molecule has 1 aromatic carbocycles. The second-order valence-electron chi connectivity index (χ2n) is 7.77. The molecule has 0 saturated carbocycles. The molecule has 0 N–H and O–H groups in total. The summed E-state index contributed by atoms with van der Waals surface area (Å²) in [6, 6.07) is 5.64. The molecular formula is C21H22F3N3O3. The Morgan fingerprint density at radius 3 is 2.47 bits per heavy atom. The SMILES string of the molecule is CC(=O)N1CCc2onc(C(=O)N3CCC(c4ccccc4C(F)(F)F)CC3)c2C1. The number of benzene rings is 1. The van der Waals surface area contributed by atoms with Crippen LogP contribution in [0.5, 0.6) is 0 Å². The summed E-state index contributed by atoms with van der Waals surface area (Å²) < 4.78 is 45.3. The second-order valence-corrected chi connectivity index (χ2v) is 7.77. The van der Waals surface area contributed by atoms with Gasteiger partial charge in [0.05, 0.1) is 12.1 Å². The van der Waals surface area contributed by atoms with Gasteiger partial charge in [0.1, 0.15) is 5.76 Å². The molecule has 1 aromatic heterocycles. The lowest BCUT2D eigenvalue weighted by molar-refractivity contribution is -0.138. The van der Waals surface area contributed by atoms with Gasteiger partial charge in [0, 0.05) is 38.5 Å². The first-order valence-corrected chi connectivity index (χ1v) is 9.94. The number of fused-ring (bicyclic) bond motifs is 1. The minimum absolute atomic E-state index is 0.0793. The van der Waals surface area contributed by atoms with Crippen molar-refractivity contribution in [1.29, 1.82) is 0 Å². The van der Waals surface area contributed by atoms with Crippen molar-refractivity contribution in [3.63, 3.8) is 0 Å². The Balaban J connectivity index is 1.47. The zero-order valence-electron chi connectivity index (χ0n) is 16.5. The quantitative estimate of drug-likeness (QED) is 0.743. The average Bonchev–Trinajstić information content (AvgIpc) is 3.16. The van der Waals surface area contributed by atoms with Gasteiger partial charge < -0.3 is 14.3 Å². The van der Waals surface area contributed by atoms with Gasteiger partial charge in [-0.15, -0.1) is 0 Å². The molecule has 0 unspecified atom stereocenters. The van der Waals surface area contributed by atoms with E-state index in [-0.39, 0.29) is 35.5 Å².